The number of nitrogens with zero attached hydrogens (tertiary/aromatic N) is 1. The number of halogens is 2. The average Bonchev–Trinajstić information content (AvgIpc) is 2.35. The lowest BCUT2D eigenvalue weighted by Crippen LogP contribution is -1.98. The van der Waals surface area contributed by atoms with E-state index < -0.39 is 4.92 Å². The van der Waals surface area contributed by atoms with E-state index in [9.17, 15) is 10.1 Å². The smallest absolute Gasteiger partial charge is 0.311 e. The van der Waals surface area contributed by atoms with Crippen molar-refractivity contribution < 1.29 is 4.92 Å². The van der Waals surface area contributed by atoms with Gasteiger partial charge in [-0.25, -0.2) is 0 Å². The standard InChI is InChI=1S/C14H12BrClN2O2/c1-8-6-10(7-9(2)13(8)15)17-12-5-3-4-11(16)14(12)18(19)20/h3-7,17H,1-2H3. The summed E-state index contributed by atoms with van der Waals surface area (Å²) < 4.78 is 1.03. The van der Waals surface area contributed by atoms with Gasteiger partial charge in [-0.05, 0) is 49.2 Å². The van der Waals surface area contributed by atoms with E-state index in [4.69, 9.17) is 11.6 Å². The van der Waals surface area contributed by atoms with Gasteiger partial charge in [0.15, 0.2) is 0 Å². The molecule has 104 valence electrons. The summed E-state index contributed by atoms with van der Waals surface area (Å²) >= 11 is 9.38. The maximum Gasteiger partial charge on any atom is 0.311 e. The molecule has 0 aliphatic heterocycles. The van der Waals surface area contributed by atoms with Crippen molar-refractivity contribution in [2.45, 2.75) is 13.8 Å². The van der Waals surface area contributed by atoms with Gasteiger partial charge in [-0.1, -0.05) is 33.6 Å². The summed E-state index contributed by atoms with van der Waals surface area (Å²) in [5.74, 6) is 0. The predicted molar refractivity (Wildman–Crippen MR) is 85.0 cm³/mol. The molecule has 0 saturated heterocycles. The van der Waals surface area contributed by atoms with Gasteiger partial charge in [-0.15, -0.1) is 0 Å². The second kappa shape index (κ2) is 5.81. The first-order valence-electron chi connectivity index (χ1n) is 5.87. The molecule has 2 aromatic rings. The summed E-state index contributed by atoms with van der Waals surface area (Å²) in [6.45, 7) is 3.93. The molecule has 2 rings (SSSR count). The summed E-state index contributed by atoms with van der Waals surface area (Å²) in [4.78, 5) is 10.6. The zero-order valence-corrected chi connectivity index (χ0v) is 13.2. The van der Waals surface area contributed by atoms with E-state index in [1.54, 1.807) is 12.1 Å². The molecular weight excluding hydrogens is 344 g/mol. The largest absolute Gasteiger partial charge is 0.350 e. The molecule has 0 heterocycles. The van der Waals surface area contributed by atoms with E-state index in [0.717, 1.165) is 21.3 Å². The summed E-state index contributed by atoms with van der Waals surface area (Å²) in [6, 6.07) is 8.65. The number of hydrogen-bond donors (Lipinski definition) is 1. The molecule has 2 aromatic carbocycles. The van der Waals surface area contributed by atoms with Crippen molar-refractivity contribution >= 4 is 44.6 Å². The van der Waals surface area contributed by atoms with E-state index >= 15 is 0 Å². The van der Waals surface area contributed by atoms with E-state index in [0.29, 0.717) is 5.69 Å². The molecule has 0 amide bonds. The molecule has 0 fully saturated rings. The van der Waals surface area contributed by atoms with Gasteiger partial charge >= 0.3 is 5.69 Å². The Kier molecular flexibility index (Phi) is 4.30. The number of anilines is 2. The number of nitro benzene ring substituents is 1. The lowest BCUT2D eigenvalue weighted by molar-refractivity contribution is -0.383. The molecule has 0 radical (unpaired) electrons. The van der Waals surface area contributed by atoms with Gasteiger partial charge in [0, 0.05) is 10.2 Å². The fraction of sp³-hybridized carbons (Fsp3) is 0.143. The first-order chi connectivity index (χ1) is 9.40. The first-order valence-corrected chi connectivity index (χ1v) is 7.04. The predicted octanol–water partition coefficient (Wildman–Crippen LogP) is 5.37. The summed E-state index contributed by atoms with van der Waals surface area (Å²) in [6.07, 6.45) is 0. The van der Waals surface area contributed by atoms with Gasteiger partial charge in [-0.2, -0.15) is 0 Å². The van der Waals surface area contributed by atoms with Gasteiger partial charge in [0.1, 0.15) is 10.7 Å². The van der Waals surface area contributed by atoms with Crippen LogP contribution in [-0.4, -0.2) is 4.92 Å². The van der Waals surface area contributed by atoms with Crippen molar-refractivity contribution in [3.05, 3.63) is 61.1 Å². The molecule has 6 heteroatoms. The van der Waals surface area contributed by atoms with Crippen LogP contribution in [0.1, 0.15) is 11.1 Å². The van der Waals surface area contributed by atoms with E-state index in [2.05, 4.69) is 21.2 Å². The minimum Gasteiger partial charge on any atom is -0.350 e. The highest BCUT2D eigenvalue weighted by Gasteiger charge is 2.18. The molecule has 0 aliphatic carbocycles. The van der Waals surface area contributed by atoms with Crippen LogP contribution in [0.2, 0.25) is 5.02 Å². The number of aryl methyl sites for hydroxylation is 2. The minimum absolute atomic E-state index is 0.116. The van der Waals surface area contributed by atoms with Gasteiger partial charge in [-0.3, -0.25) is 10.1 Å². The summed E-state index contributed by atoms with van der Waals surface area (Å²) in [5, 5.41) is 14.3. The Labute approximate surface area is 130 Å². The molecule has 20 heavy (non-hydrogen) atoms. The Bertz CT molecular complexity index is 666. The molecule has 0 bridgehead atoms. The number of para-hydroxylation sites is 1. The number of rotatable bonds is 3. The van der Waals surface area contributed by atoms with Crippen molar-refractivity contribution in [3.8, 4) is 0 Å². The molecule has 1 N–H and O–H groups in total. The van der Waals surface area contributed by atoms with Crippen LogP contribution < -0.4 is 5.32 Å². The summed E-state index contributed by atoms with van der Waals surface area (Å²) in [5.41, 5.74) is 3.15. The molecule has 0 atom stereocenters. The number of nitro groups is 1. The van der Waals surface area contributed by atoms with Crippen molar-refractivity contribution in [1.29, 1.82) is 0 Å². The van der Waals surface area contributed by atoms with E-state index in [1.807, 2.05) is 26.0 Å². The second-order valence-corrected chi connectivity index (χ2v) is 5.64. The fourth-order valence-corrected chi connectivity index (χ4v) is 2.45. The third kappa shape index (κ3) is 2.94. The van der Waals surface area contributed by atoms with Crippen LogP contribution in [0.15, 0.2) is 34.8 Å². The van der Waals surface area contributed by atoms with Gasteiger partial charge < -0.3 is 5.32 Å². The Morgan fingerprint density at radius 2 is 1.85 bits per heavy atom. The molecular formula is C14H12BrClN2O2. The number of benzene rings is 2. The topological polar surface area (TPSA) is 55.2 Å². The zero-order valence-electron chi connectivity index (χ0n) is 10.9. The maximum atomic E-state index is 11.1. The van der Waals surface area contributed by atoms with Crippen molar-refractivity contribution in [3.63, 3.8) is 0 Å². The van der Waals surface area contributed by atoms with Crippen LogP contribution in [0, 0.1) is 24.0 Å². The van der Waals surface area contributed by atoms with Crippen LogP contribution in [0.25, 0.3) is 0 Å². The van der Waals surface area contributed by atoms with Crippen molar-refractivity contribution in [1.82, 2.24) is 0 Å². The molecule has 0 spiro atoms. The van der Waals surface area contributed by atoms with Crippen LogP contribution in [0.3, 0.4) is 0 Å². The minimum atomic E-state index is -0.483. The first kappa shape index (κ1) is 14.8. The van der Waals surface area contributed by atoms with Crippen LogP contribution in [0.5, 0.6) is 0 Å². The quantitative estimate of drug-likeness (QED) is 0.594. The van der Waals surface area contributed by atoms with Gasteiger partial charge in [0.2, 0.25) is 0 Å². The van der Waals surface area contributed by atoms with Crippen molar-refractivity contribution in [2.24, 2.45) is 0 Å². The van der Waals surface area contributed by atoms with Gasteiger partial charge in [0.05, 0.1) is 4.92 Å². The summed E-state index contributed by atoms with van der Waals surface area (Å²) in [7, 11) is 0. The van der Waals surface area contributed by atoms with E-state index in [-0.39, 0.29) is 10.7 Å². The molecule has 0 aromatic heterocycles. The molecule has 0 aliphatic rings. The Morgan fingerprint density at radius 1 is 1.25 bits per heavy atom. The SMILES string of the molecule is Cc1cc(Nc2cccc(Cl)c2[N+](=O)[O-])cc(C)c1Br. The van der Waals surface area contributed by atoms with Gasteiger partial charge in [0.25, 0.3) is 0 Å². The number of nitrogens with one attached hydrogen (secondary N) is 1. The van der Waals surface area contributed by atoms with Crippen molar-refractivity contribution in [2.75, 3.05) is 5.32 Å². The lowest BCUT2D eigenvalue weighted by atomic mass is 10.1. The fourth-order valence-electron chi connectivity index (χ4n) is 1.98. The Balaban J connectivity index is 2.45. The molecule has 0 unspecified atom stereocenters. The van der Waals surface area contributed by atoms with Crippen LogP contribution in [0.4, 0.5) is 17.1 Å². The normalized spacial score (nSPS) is 10.4. The molecule has 4 nitrogen and oxygen atoms in total. The third-order valence-electron chi connectivity index (χ3n) is 2.88. The third-order valence-corrected chi connectivity index (χ3v) is 4.44. The second-order valence-electron chi connectivity index (χ2n) is 4.44. The highest BCUT2D eigenvalue weighted by molar-refractivity contribution is 9.10. The van der Waals surface area contributed by atoms with Crippen LogP contribution in [-0.2, 0) is 0 Å². The lowest BCUT2D eigenvalue weighted by Gasteiger charge is -2.11. The highest BCUT2D eigenvalue weighted by atomic mass is 79.9. The van der Waals surface area contributed by atoms with Crippen LogP contribution >= 0.6 is 27.5 Å². The Hall–Kier alpha value is -1.59. The molecule has 0 saturated carbocycles. The maximum absolute atomic E-state index is 11.1. The van der Waals surface area contributed by atoms with E-state index in [1.165, 1.54) is 6.07 Å². The number of hydrogen-bond acceptors (Lipinski definition) is 3. The average molecular weight is 356 g/mol. The zero-order chi connectivity index (χ0) is 14.9. The Morgan fingerprint density at radius 3 is 2.40 bits per heavy atom. The highest BCUT2D eigenvalue weighted by Crippen LogP contribution is 2.35. The monoisotopic (exact) mass is 354 g/mol.